The van der Waals surface area contributed by atoms with E-state index in [1.54, 1.807) is 12.1 Å². The molecule has 5 heterocycles. The second kappa shape index (κ2) is 8.58. The van der Waals surface area contributed by atoms with Gasteiger partial charge in [0, 0.05) is 48.2 Å². The van der Waals surface area contributed by atoms with E-state index >= 15 is 0 Å². The number of amides is 1. The van der Waals surface area contributed by atoms with Gasteiger partial charge in [-0.1, -0.05) is 12.1 Å². The first kappa shape index (κ1) is 22.3. The number of rotatable bonds is 4. The van der Waals surface area contributed by atoms with Gasteiger partial charge >= 0.3 is 6.61 Å². The summed E-state index contributed by atoms with van der Waals surface area (Å²) in [7, 11) is 0. The van der Waals surface area contributed by atoms with Gasteiger partial charge in [-0.25, -0.2) is 15.0 Å². The Labute approximate surface area is 210 Å². The van der Waals surface area contributed by atoms with Crippen molar-refractivity contribution in [1.82, 2.24) is 24.8 Å². The van der Waals surface area contributed by atoms with Crippen molar-refractivity contribution in [1.29, 1.82) is 0 Å². The molecule has 188 valence electrons. The molecule has 2 aromatic heterocycles. The molecule has 1 N–H and O–H groups in total. The normalized spacial score (nSPS) is 21.0. The molecule has 0 radical (unpaired) electrons. The monoisotopic (exact) mass is 503 g/mol. The van der Waals surface area contributed by atoms with E-state index in [9.17, 15) is 13.6 Å². The molecule has 0 aliphatic carbocycles. The van der Waals surface area contributed by atoms with Crippen LogP contribution in [-0.4, -0.2) is 45.3 Å². The van der Waals surface area contributed by atoms with Crippen LogP contribution in [0, 0.1) is 0 Å². The number of aromatic nitrogens is 4. The number of nitrogens with one attached hydrogen (secondary N) is 1. The Bertz CT molecular complexity index is 1510. The summed E-state index contributed by atoms with van der Waals surface area (Å²) in [6, 6.07) is 9.90. The van der Waals surface area contributed by atoms with Crippen LogP contribution < -0.4 is 10.1 Å². The molecule has 0 unspecified atom stereocenters. The maximum Gasteiger partial charge on any atom is 0.387 e. The van der Waals surface area contributed by atoms with Gasteiger partial charge in [0.2, 0.25) is 0 Å². The number of nitrogens with zero attached hydrogens (tertiary/aromatic N) is 4. The van der Waals surface area contributed by atoms with E-state index in [0.29, 0.717) is 29.3 Å². The second-order valence-electron chi connectivity index (χ2n) is 9.63. The van der Waals surface area contributed by atoms with Gasteiger partial charge in [0.25, 0.3) is 5.91 Å². The van der Waals surface area contributed by atoms with Crippen LogP contribution >= 0.6 is 0 Å². The largest absolute Gasteiger partial charge is 0.434 e. The SMILES string of the molecule is O=C1N[C@@H]2C[C@H](c3c(OC(F)F)cccc31)n1c2nc2ccc(-c3cnc(C4CCOCC4)nc3)cc21. The minimum atomic E-state index is -3.00. The molecule has 2 bridgehead atoms. The highest BCUT2D eigenvalue weighted by atomic mass is 19.3. The molecule has 10 heteroatoms. The number of ether oxygens (including phenoxy) is 2. The Kier molecular flexibility index (Phi) is 5.17. The van der Waals surface area contributed by atoms with Crippen molar-refractivity contribution in [3.05, 3.63) is 71.6 Å². The molecule has 7 rings (SSSR count). The average molecular weight is 504 g/mol. The molecule has 0 spiro atoms. The molecule has 2 atom stereocenters. The van der Waals surface area contributed by atoms with Crippen molar-refractivity contribution in [3.8, 4) is 16.9 Å². The first-order chi connectivity index (χ1) is 18.1. The van der Waals surface area contributed by atoms with Crippen molar-refractivity contribution in [3.63, 3.8) is 0 Å². The van der Waals surface area contributed by atoms with Crippen LogP contribution in [0.2, 0.25) is 0 Å². The van der Waals surface area contributed by atoms with E-state index in [4.69, 9.17) is 14.5 Å². The fraction of sp³-hybridized carbons (Fsp3) is 0.333. The standard InChI is InChI=1S/C27H23F2N5O3/c28-27(29)37-22-3-1-2-17-23(22)21-11-19(33-26(17)35)25-32-18-5-4-15(10-20(18)34(21)25)16-12-30-24(31-13-16)14-6-8-36-9-7-14/h1-5,10,12-14,19,21,27H,6-9,11H2,(H,33,35)/t19-,21-/m1/s1. The van der Waals surface area contributed by atoms with Gasteiger partial charge in [0.15, 0.2) is 0 Å². The first-order valence-electron chi connectivity index (χ1n) is 12.4. The van der Waals surface area contributed by atoms with Crippen molar-refractivity contribution in [2.45, 2.75) is 43.9 Å². The summed E-state index contributed by atoms with van der Waals surface area (Å²) >= 11 is 0. The summed E-state index contributed by atoms with van der Waals surface area (Å²) in [6.45, 7) is -1.53. The van der Waals surface area contributed by atoms with Gasteiger partial charge in [-0.15, -0.1) is 0 Å². The average Bonchev–Trinajstić information content (AvgIpc) is 3.41. The molecule has 1 saturated heterocycles. The molecule has 2 aromatic carbocycles. The molecule has 37 heavy (non-hydrogen) atoms. The highest BCUT2D eigenvalue weighted by Crippen LogP contribution is 2.47. The van der Waals surface area contributed by atoms with Gasteiger partial charge in [-0.2, -0.15) is 8.78 Å². The lowest BCUT2D eigenvalue weighted by atomic mass is 9.97. The molecule has 8 nitrogen and oxygen atoms in total. The van der Waals surface area contributed by atoms with Gasteiger partial charge in [0.05, 0.1) is 23.1 Å². The molecule has 0 saturated carbocycles. The number of hydrogen-bond donors (Lipinski definition) is 1. The zero-order valence-corrected chi connectivity index (χ0v) is 19.7. The molecular formula is C27H23F2N5O3. The Morgan fingerprint density at radius 1 is 1.08 bits per heavy atom. The van der Waals surface area contributed by atoms with Crippen LogP contribution in [0.1, 0.15) is 64.8 Å². The maximum atomic E-state index is 13.2. The number of halogens is 2. The highest BCUT2D eigenvalue weighted by molar-refractivity contribution is 5.98. The van der Waals surface area contributed by atoms with E-state index in [2.05, 4.69) is 15.3 Å². The van der Waals surface area contributed by atoms with Crippen LogP contribution in [0.4, 0.5) is 8.78 Å². The Morgan fingerprint density at radius 2 is 1.89 bits per heavy atom. The molecular weight excluding hydrogens is 480 g/mol. The number of carbonyl (C=O) groups is 1. The summed E-state index contributed by atoms with van der Waals surface area (Å²) < 4.78 is 38.8. The van der Waals surface area contributed by atoms with Crippen LogP contribution in [0.5, 0.6) is 5.75 Å². The number of fused-ring (bicyclic) bond motifs is 9. The summed E-state index contributed by atoms with van der Waals surface area (Å²) in [4.78, 5) is 27.0. The summed E-state index contributed by atoms with van der Waals surface area (Å²) in [5.74, 6) is 1.54. The zero-order valence-electron chi connectivity index (χ0n) is 19.7. The third kappa shape index (κ3) is 3.66. The van der Waals surface area contributed by atoms with Gasteiger partial charge in [-0.3, -0.25) is 4.79 Å². The summed E-state index contributed by atoms with van der Waals surface area (Å²) in [5.41, 5.74) is 4.21. The molecule has 3 aliphatic heterocycles. The number of benzene rings is 2. The van der Waals surface area contributed by atoms with Crippen LogP contribution in [-0.2, 0) is 4.74 Å². The quantitative estimate of drug-likeness (QED) is 0.432. The maximum absolute atomic E-state index is 13.2. The zero-order chi connectivity index (χ0) is 25.1. The lowest BCUT2D eigenvalue weighted by Crippen LogP contribution is -2.28. The molecule has 1 amide bonds. The van der Waals surface area contributed by atoms with Crippen molar-refractivity contribution in [2.24, 2.45) is 0 Å². The van der Waals surface area contributed by atoms with Crippen molar-refractivity contribution < 1.29 is 23.0 Å². The molecule has 4 aromatic rings. The number of alkyl halides is 2. The summed E-state index contributed by atoms with van der Waals surface area (Å²) in [6.07, 6.45) is 6.03. The third-order valence-corrected chi connectivity index (χ3v) is 7.56. The van der Waals surface area contributed by atoms with Gasteiger partial charge in [-0.05, 0) is 49.1 Å². The molecule has 3 aliphatic rings. The number of imidazole rings is 1. The fourth-order valence-corrected chi connectivity index (χ4v) is 5.84. The van der Waals surface area contributed by atoms with E-state index in [1.807, 2.05) is 35.2 Å². The summed E-state index contributed by atoms with van der Waals surface area (Å²) in [5, 5.41) is 3.01. The van der Waals surface area contributed by atoms with Crippen LogP contribution in [0.25, 0.3) is 22.2 Å². The fourth-order valence-electron chi connectivity index (χ4n) is 5.84. The van der Waals surface area contributed by atoms with E-state index in [0.717, 1.165) is 54.0 Å². The topological polar surface area (TPSA) is 91.2 Å². The smallest absolute Gasteiger partial charge is 0.387 e. The first-order valence-corrected chi connectivity index (χ1v) is 12.4. The minimum absolute atomic E-state index is 0.0104. The highest BCUT2D eigenvalue weighted by Gasteiger charge is 2.42. The van der Waals surface area contributed by atoms with Crippen LogP contribution in [0.15, 0.2) is 48.8 Å². The second-order valence-corrected chi connectivity index (χ2v) is 9.63. The predicted molar refractivity (Wildman–Crippen MR) is 130 cm³/mol. The number of carbonyl (C=O) groups excluding carboxylic acids is 1. The van der Waals surface area contributed by atoms with E-state index in [-0.39, 0.29) is 23.7 Å². The van der Waals surface area contributed by atoms with Gasteiger partial charge in [0.1, 0.15) is 17.4 Å². The Morgan fingerprint density at radius 3 is 2.68 bits per heavy atom. The lowest BCUT2D eigenvalue weighted by molar-refractivity contribution is -0.0507. The molecule has 1 fully saturated rings. The van der Waals surface area contributed by atoms with E-state index < -0.39 is 6.61 Å². The van der Waals surface area contributed by atoms with E-state index in [1.165, 1.54) is 6.07 Å². The van der Waals surface area contributed by atoms with Crippen molar-refractivity contribution >= 4 is 16.9 Å². The number of hydrogen-bond acceptors (Lipinski definition) is 6. The Balaban J connectivity index is 1.31. The Hall–Kier alpha value is -3.92. The lowest BCUT2D eigenvalue weighted by Gasteiger charge is -2.21. The minimum Gasteiger partial charge on any atom is -0.434 e. The van der Waals surface area contributed by atoms with Gasteiger partial charge < -0.3 is 19.4 Å². The predicted octanol–water partition coefficient (Wildman–Crippen LogP) is 4.77. The van der Waals surface area contributed by atoms with Crippen molar-refractivity contribution in [2.75, 3.05) is 13.2 Å². The van der Waals surface area contributed by atoms with Crippen LogP contribution in [0.3, 0.4) is 0 Å². The third-order valence-electron chi connectivity index (χ3n) is 7.56.